The lowest BCUT2D eigenvalue weighted by Gasteiger charge is -2.16. The summed E-state index contributed by atoms with van der Waals surface area (Å²) < 4.78 is 0. The highest BCUT2D eigenvalue weighted by Crippen LogP contribution is 2.24. The van der Waals surface area contributed by atoms with Crippen molar-refractivity contribution in [2.24, 2.45) is 0 Å². The molecule has 1 rings (SSSR count). The summed E-state index contributed by atoms with van der Waals surface area (Å²) in [4.78, 5) is 10.7. The minimum absolute atomic E-state index is 0.298. The first-order chi connectivity index (χ1) is 6.43. The van der Waals surface area contributed by atoms with E-state index < -0.39 is 0 Å². The number of halogens is 1. The van der Waals surface area contributed by atoms with Crippen LogP contribution in [0.25, 0.3) is 0 Å². The van der Waals surface area contributed by atoms with Crippen LogP contribution in [0.4, 0.5) is 5.82 Å². The molecule has 0 aromatic carbocycles. The van der Waals surface area contributed by atoms with Gasteiger partial charge in [0.2, 0.25) is 0 Å². The van der Waals surface area contributed by atoms with E-state index in [-0.39, 0.29) is 0 Å². The van der Waals surface area contributed by atoms with Crippen LogP contribution in [0.5, 0.6) is 0 Å². The van der Waals surface area contributed by atoms with Crippen molar-refractivity contribution in [3.05, 3.63) is 16.5 Å². The van der Waals surface area contributed by atoms with Crippen LogP contribution in [0.2, 0.25) is 5.15 Å². The zero-order valence-corrected chi connectivity index (χ0v) is 10.1. The largest absolute Gasteiger partial charge is 0.362 e. The Bertz CT molecular complexity index is 334. The molecule has 1 aromatic rings. The summed E-state index contributed by atoms with van der Waals surface area (Å²) in [5.74, 6) is 1.99. The van der Waals surface area contributed by atoms with Crippen LogP contribution in [-0.2, 0) is 0 Å². The molecule has 0 unspecified atom stereocenters. The zero-order valence-electron chi connectivity index (χ0n) is 9.30. The Morgan fingerprint density at radius 1 is 1.21 bits per heavy atom. The van der Waals surface area contributed by atoms with Crippen LogP contribution in [-0.4, -0.2) is 24.1 Å². The topological polar surface area (TPSA) is 29.0 Å². The monoisotopic (exact) mass is 213 g/mol. The fourth-order valence-electron chi connectivity index (χ4n) is 1.19. The molecule has 0 saturated heterocycles. The van der Waals surface area contributed by atoms with E-state index in [1.54, 1.807) is 0 Å². The van der Waals surface area contributed by atoms with Gasteiger partial charge in [-0.05, 0) is 6.92 Å². The van der Waals surface area contributed by atoms with Crippen molar-refractivity contribution >= 4 is 17.4 Å². The van der Waals surface area contributed by atoms with Gasteiger partial charge in [-0.25, -0.2) is 9.97 Å². The Labute approximate surface area is 90.1 Å². The summed E-state index contributed by atoms with van der Waals surface area (Å²) >= 11 is 6.03. The Kier molecular flexibility index (Phi) is 3.32. The maximum absolute atomic E-state index is 6.03. The van der Waals surface area contributed by atoms with Crippen molar-refractivity contribution in [1.29, 1.82) is 0 Å². The van der Waals surface area contributed by atoms with Gasteiger partial charge in [0.25, 0.3) is 0 Å². The van der Waals surface area contributed by atoms with Gasteiger partial charge in [-0.1, -0.05) is 25.4 Å². The Hall–Kier alpha value is -0.830. The van der Waals surface area contributed by atoms with Crippen molar-refractivity contribution < 1.29 is 0 Å². The average Bonchev–Trinajstić information content (AvgIpc) is 2.08. The molecule has 4 heteroatoms. The van der Waals surface area contributed by atoms with Crippen LogP contribution in [0.3, 0.4) is 0 Å². The molecule has 0 aliphatic carbocycles. The van der Waals surface area contributed by atoms with Crippen molar-refractivity contribution in [2.75, 3.05) is 19.0 Å². The summed E-state index contributed by atoms with van der Waals surface area (Å²) in [6.07, 6.45) is 0. The molecule has 14 heavy (non-hydrogen) atoms. The first kappa shape index (κ1) is 11.2. The number of anilines is 1. The van der Waals surface area contributed by atoms with Crippen LogP contribution < -0.4 is 4.90 Å². The smallest absolute Gasteiger partial charge is 0.137 e. The third kappa shape index (κ3) is 2.15. The number of hydrogen-bond acceptors (Lipinski definition) is 3. The van der Waals surface area contributed by atoms with E-state index in [1.165, 1.54) is 0 Å². The lowest BCUT2D eigenvalue weighted by molar-refractivity contribution is 0.767. The quantitative estimate of drug-likeness (QED) is 0.708. The molecule has 0 aliphatic heterocycles. The van der Waals surface area contributed by atoms with Gasteiger partial charge >= 0.3 is 0 Å². The van der Waals surface area contributed by atoms with E-state index in [0.29, 0.717) is 11.1 Å². The molecule has 0 bridgehead atoms. The second-order valence-corrected chi connectivity index (χ2v) is 4.23. The number of aromatic nitrogens is 2. The van der Waals surface area contributed by atoms with Crippen LogP contribution in [0.1, 0.15) is 31.2 Å². The highest BCUT2D eigenvalue weighted by Gasteiger charge is 2.12. The van der Waals surface area contributed by atoms with Gasteiger partial charge in [-0.3, -0.25) is 0 Å². The van der Waals surface area contributed by atoms with Crippen LogP contribution in [0, 0.1) is 6.92 Å². The third-order valence-corrected chi connectivity index (χ3v) is 2.39. The highest BCUT2D eigenvalue weighted by molar-refractivity contribution is 6.30. The van der Waals surface area contributed by atoms with Gasteiger partial charge < -0.3 is 4.90 Å². The first-order valence-electron chi connectivity index (χ1n) is 4.64. The van der Waals surface area contributed by atoms with Gasteiger partial charge in [0, 0.05) is 25.6 Å². The maximum atomic E-state index is 6.03. The van der Waals surface area contributed by atoms with E-state index in [1.807, 2.05) is 25.9 Å². The molecule has 0 radical (unpaired) electrons. The highest BCUT2D eigenvalue weighted by atomic mass is 35.5. The predicted molar refractivity (Wildman–Crippen MR) is 60.2 cm³/mol. The molecule has 1 aromatic heterocycles. The van der Waals surface area contributed by atoms with E-state index in [4.69, 9.17) is 11.6 Å². The Balaban J connectivity index is 3.28. The standard InChI is InChI=1S/C10H16ClN3/c1-6(2)9-12-8(11)7(3)10(13-9)14(4)5/h6H,1-5H3. The van der Waals surface area contributed by atoms with Gasteiger partial charge in [-0.2, -0.15) is 0 Å². The first-order valence-corrected chi connectivity index (χ1v) is 5.02. The molecule has 0 atom stereocenters. The summed E-state index contributed by atoms with van der Waals surface area (Å²) in [6, 6.07) is 0. The minimum atomic E-state index is 0.298. The van der Waals surface area contributed by atoms with Crippen molar-refractivity contribution in [2.45, 2.75) is 26.7 Å². The molecule has 0 N–H and O–H groups in total. The van der Waals surface area contributed by atoms with E-state index >= 15 is 0 Å². The zero-order chi connectivity index (χ0) is 10.9. The number of nitrogens with zero attached hydrogens (tertiary/aromatic N) is 3. The fraction of sp³-hybridized carbons (Fsp3) is 0.600. The molecule has 1 heterocycles. The van der Waals surface area contributed by atoms with E-state index in [2.05, 4.69) is 23.8 Å². The molecular formula is C10H16ClN3. The SMILES string of the molecule is Cc1c(Cl)nc(C(C)C)nc1N(C)C. The van der Waals surface area contributed by atoms with Crippen LogP contribution >= 0.6 is 11.6 Å². The van der Waals surface area contributed by atoms with Crippen molar-refractivity contribution in [3.63, 3.8) is 0 Å². The maximum Gasteiger partial charge on any atom is 0.137 e. The van der Waals surface area contributed by atoms with E-state index in [0.717, 1.165) is 17.2 Å². The van der Waals surface area contributed by atoms with Gasteiger partial charge in [-0.15, -0.1) is 0 Å². The molecule has 0 amide bonds. The number of rotatable bonds is 2. The molecule has 0 fully saturated rings. The molecule has 3 nitrogen and oxygen atoms in total. The Morgan fingerprint density at radius 3 is 2.21 bits per heavy atom. The molecule has 0 saturated carbocycles. The minimum Gasteiger partial charge on any atom is -0.362 e. The van der Waals surface area contributed by atoms with Crippen molar-refractivity contribution in [1.82, 2.24) is 9.97 Å². The molecular weight excluding hydrogens is 198 g/mol. The normalized spacial score (nSPS) is 10.8. The summed E-state index contributed by atoms with van der Waals surface area (Å²) in [6.45, 7) is 6.04. The summed E-state index contributed by atoms with van der Waals surface area (Å²) in [5, 5.41) is 0.549. The van der Waals surface area contributed by atoms with Crippen molar-refractivity contribution in [3.8, 4) is 0 Å². The Morgan fingerprint density at radius 2 is 1.79 bits per heavy atom. The fourth-order valence-corrected chi connectivity index (χ4v) is 1.36. The molecule has 0 aliphatic rings. The second-order valence-electron chi connectivity index (χ2n) is 3.87. The lowest BCUT2D eigenvalue weighted by atomic mass is 10.2. The summed E-state index contributed by atoms with van der Waals surface area (Å²) in [7, 11) is 3.91. The van der Waals surface area contributed by atoms with Crippen LogP contribution in [0.15, 0.2) is 0 Å². The second kappa shape index (κ2) is 4.13. The summed E-state index contributed by atoms with van der Waals surface area (Å²) in [5.41, 5.74) is 0.932. The van der Waals surface area contributed by atoms with E-state index in [9.17, 15) is 0 Å². The van der Waals surface area contributed by atoms with Gasteiger partial charge in [0.15, 0.2) is 0 Å². The van der Waals surface area contributed by atoms with Gasteiger partial charge in [0.05, 0.1) is 0 Å². The van der Waals surface area contributed by atoms with Gasteiger partial charge in [0.1, 0.15) is 16.8 Å². The third-order valence-electron chi connectivity index (χ3n) is 2.02. The number of hydrogen-bond donors (Lipinski definition) is 0. The predicted octanol–water partition coefficient (Wildman–Crippen LogP) is 2.63. The average molecular weight is 214 g/mol. The molecule has 0 spiro atoms. The lowest BCUT2D eigenvalue weighted by Crippen LogP contribution is -2.15. The molecule has 78 valence electrons.